The maximum absolute atomic E-state index is 11.3. The van der Waals surface area contributed by atoms with Gasteiger partial charge < -0.3 is 0 Å². The summed E-state index contributed by atoms with van der Waals surface area (Å²) >= 11 is 0. The summed E-state index contributed by atoms with van der Waals surface area (Å²) in [6.45, 7) is 9.49. The first-order valence-electron chi connectivity index (χ1n) is 6.11. The van der Waals surface area contributed by atoms with Gasteiger partial charge in [0.25, 0.3) is 0 Å². The van der Waals surface area contributed by atoms with Crippen LogP contribution in [0, 0.1) is 11.8 Å². The fourth-order valence-corrected chi connectivity index (χ4v) is 1.35. The van der Waals surface area contributed by atoms with Crippen LogP contribution >= 0.6 is 0 Å². The minimum absolute atomic E-state index is 0.106. The van der Waals surface area contributed by atoms with E-state index in [4.69, 9.17) is 0 Å². The number of carbonyl (C=O) groups is 1. The molecule has 0 fully saturated rings. The van der Waals surface area contributed by atoms with E-state index in [2.05, 4.69) is 38.5 Å². The standard InChI is InChI=1S/C12H26N2O/c1-5-11(6-2)9-13-14-12(15)8-7-10(3)4/h10-11,13H,5-9H2,1-4H3,(H,14,15). The SMILES string of the molecule is CCC(CC)CNNC(=O)CCC(C)C. The van der Waals surface area contributed by atoms with Crippen LogP contribution in [0.25, 0.3) is 0 Å². The average Bonchev–Trinajstić information content (AvgIpc) is 2.21. The van der Waals surface area contributed by atoms with Gasteiger partial charge in [-0.2, -0.15) is 0 Å². The average molecular weight is 214 g/mol. The van der Waals surface area contributed by atoms with Crippen LogP contribution in [-0.2, 0) is 4.79 Å². The minimum atomic E-state index is 0.106. The van der Waals surface area contributed by atoms with Gasteiger partial charge in [0, 0.05) is 13.0 Å². The van der Waals surface area contributed by atoms with Crippen molar-refractivity contribution >= 4 is 5.91 Å². The molecule has 2 N–H and O–H groups in total. The summed E-state index contributed by atoms with van der Waals surface area (Å²) in [5.74, 6) is 1.36. The summed E-state index contributed by atoms with van der Waals surface area (Å²) in [6.07, 6.45) is 3.89. The van der Waals surface area contributed by atoms with E-state index in [9.17, 15) is 4.79 Å². The summed E-state index contributed by atoms with van der Waals surface area (Å²) in [4.78, 5) is 11.3. The molecule has 0 bridgehead atoms. The summed E-state index contributed by atoms with van der Waals surface area (Å²) in [5, 5.41) is 0. The normalized spacial score (nSPS) is 11.1. The topological polar surface area (TPSA) is 41.1 Å². The fraction of sp³-hybridized carbons (Fsp3) is 0.917. The summed E-state index contributed by atoms with van der Waals surface area (Å²) in [7, 11) is 0. The van der Waals surface area contributed by atoms with Gasteiger partial charge in [0.2, 0.25) is 5.91 Å². The number of hydrogen-bond donors (Lipinski definition) is 2. The van der Waals surface area contributed by atoms with Gasteiger partial charge in [0.05, 0.1) is 0 Å². The van der Waals surface area contributed by atoms with Crippen LogP contribution in [0.1, 0.15) is 53.4 Å². The van der Waals surface area contributed by atoms with Gasteiger partial charge in [0.1, 0.15) is 0 Å². The molecule has 0 aromatic heterocycles. The third-order valence-corrected chi connectivity index (χ3v) is 2.72. The molecule has 0 aliphatic carbocycles. The highest BCUT2D eigenvalue weighted by molar-refractivity contribution is 5.75. The molecule has 0 spiro atoms. The number of nitrogens with one attached hydrogen (secondary N) is 2. The molecule has 0 unspecified atom stereocenters. The number of hydrazine groups is 1. The van der Waals surface area contributed by atoms with Crippen LogP contribution in [0.3, 0.4) is 0 Å². The zero-order chi connectivity index (χ0) is 11.7. The van der Waals surface area contributed by atoms with Gasteiger partial charge in [-0.15, -0.1) is 0 Å². The third kappa shape index (κ3) is 8.43. The predicted molar refractivity (Wildman–Crippen MR) is 64.3 cm³/mol. The van der Waals surface area contributed by atoms with Gasteiger partial charge in [-0.1, -0.05) is 40.5 Å². The highest BCUT2D eigenvalue weighted by atomic mass is 16.2. The van der Waals surface area contributed by atoms with Crippen LogP contribution in [0.5, 0.6) is 0 Å². The van der Waals surface area contributed by atoms with Crippen molar-refractivity contribution in [2.24, 2.45) is 11.8 Å². The zero-order valence-electron chi connectivity index (χ0n) is 10.6. The first-order valence-corrected chi connectivity index (χ1v) is 6.11. The lowest BCUT2D eigenvalue weighted by Gasteiger charge is -2.14. The molecular weight excluding hydrogens is 188 g/mol. The molecule has 0 heterocycles. The van der Waals surface area contributed by atoms with Gasteiger partial charge >= 0.3 is 0 Å². The minimum Gasteiger partial charge on any atom is -0.292 e. The zero-order valence-corrected chi connectivity index (χ0v) is 10.6. The van der Waals surface area contributed by atoms with E-state index in [0.717, 1.165) is 25.8 Å². The Morgan fingerprint density at radius 3 is 2.27 bits per heavy atom. The Bertz CT molecular complexity index is 165. The molecule has 0 rings (SSSR count). The number of rotatable bonds is 8. The maximum Gasteiger partial charge on any atom is 0.234 e. The first kappa shape index (κ1) is 14.4. The molecular formula is C12H26N2O. The van der Waals surface area contributed by atoms with Crippen molar-refractivity contribution in [1.82, 2.24) is 10.9 Å². The predicted octanol–water partition coefficient (Wildman–Crippen LogP) is 2.48. The molecule has 1 amide bonds. The second kappa shape index (κ2) is 8.72. The second-order valence-electron chi connectivity index (χ2n) is 4.54. The highest BCUT2D eigenvalue weighted by Crippen LogP contribution is 2.05. The Labute approximate surface area is 94.0 Å². The van der Waals surface area contributed by atoms with Gasteiger partial charge in [-0.25, -0.2) is 5.43 Å². The molecule has 3 heteroatoms. The quantitative estimate of drug-likeness (QED) is 0.609. The van der Waals surface area contributed by atoms with Crippen LogP contribution in [0.2, 0.25) is 0 Å². The van der Waals surface area contributed by atoms with Crippen molar-refractivity contribution in [2.75, 3.05) is 6.54 Å². The van der Waals surface area contributed by atoms with Crippen LogP contribution in [0.15, 0.2) is 0 Å². The molecule has 15 heavy (non-hydrogen) atoms. The summed E-state index contributed by atoms with van der Waals surface area (Å²) in [6, 6.07) is 0. The first-order chi connectivity index (χ1) is 7.10. The van der Waals surface area contributed by atoms with Gasteiger partial charge in [-0.3, -0.25) is 10.2 Å². The van der Waals surface area contributed by atoms with E-state index >= 15 is 0 Å². The molecule has 0 saturated heterocycles. The Hall–Kier alpha value is -0.570. The molecule has 0 aromatic carbocycles. The molecule has 90 valence electrons. The lowest BCUT2D eigenvalue weighted by molar-refractivity contribution is -0.122. The maximum atomic E-state index is 11.3. The van der Waals surface area contributed by atoms with Crippen LogP contribution in [0.4, 0.5) is 0 Å². The Balaban J connectivity index is 3.46. The van der Waals surface area contributed by atoms with Crippen molar-refractivity contribution in [1.29, 1.82) is 0 Å². The lowest BCUT2D eigenvalue weighted by atomic mass is 10.0. The lowest BCUT2D eigenvalue weighted by Crippen LogP contribution is -2.40. The second-order valence-corrected chi connectivity index (χ2v) is 4.54. The summed E-state index contributed by atoms with van der Waals surface area (Å²) < 4.78 is 0. The van der Waals surface area contributed by atoms with Crippen LogP contribution in [-0.4, -0.2) is 12.5 Å². The molecule has 3 nitrogen and oxygen atoms in total. The van der Waals surface area contributed by atoms with E-state index < -0.39 is 0 Å². The van der Waals surface area contributed by atoms with Crippen molar-refractivity contribution in [2.45, 2.75) is 53.4 Å². The molecule has 0 aliphatic rings. The van der Waals surface area contributed by atoms with E-state index in [-0.39, 0.29) is 5.91 Å². The fourth-order valence-electron chi connectivity index (χ4n) is 1.35. The van der Waals surface area contributed by atoms with Gasteiger partial charge in [-0.05, 0) is 18.3 Å². The number of amides is 1. The number of carbonyl (C=O) groups excluding carboxylic acids is 1. The van der Waals surface area contributed by atoms with Crippen molar-refractivity contribution < 1.29 is 4.79 Å². The molecule has 0 aliphatic heterocycles. The van der Waals surface area contributed by atoms with Crippen molar-refractivity contribution in [3.8, 4) is 0 Å². The van der Waals surface area contributed by atoms with Crippen molar-refractivity contribution in [3.63, 3.8) is 0 Å². The van der Waals surface area contributed by atoms with Gasteiger partial charge in [0.15, 0.2) is 0 Å². The molecule has 0 atom stereocenters. The smallest absolute Gasteiger partial charge is 0.234 e. The highest BCUT2D eigenvalue weighted by Gasteiger charge is 2.05. The summed E-state index contributed by atoms with van der Waals surface area (Å²) in [5.41, 5.74) is 5.76. The monoisotopic (exact) mass is 214 g/mol. The molecule has 0 radical (unpaired) electrons. The van der Waals surface area contributed by atoms with Crippen LogP contribution < -0.4 is 10.9 Å². The van der Waals surface area contributed by atoms with E-state index in [1.165, 1.54) is 0 Å². The molecule has 0 saturated carbocycles. The Kier molecular flexibility index (Phi) is 8.38. The number of hydrogen-bond acceptors (Lipinski definition) is 2. The van der Waals surface area contributed by atoms with E-state index in [1.807, 2.05) is 0 Å². The Morgan fingerprint density at radius 1 is 1.20 bits per heavy atom. The van der Waals surface area contributed by atoms with E-state index in [0.29, 0.717) is 18.3 Å². The Morgan fingerprint density at radius 2 is 1.80 bits per heavy atom. The third-order valence-electron chi connectivity index (χ3n) is 2.72. The molecule has 0 aromatic rings. The van der Waals surface area contributed by atoms with E-state index in [1.54, 1.807) is 0 Å². The van der Waals surface area contributed by atoms with Crippen molar-refractivity contribution in [3.05, 3.63) is 0 Å². The largest absolute Gasteiger partial charge is 0.292 e.